The van der Waals surface area contributed by atoms with Crippen molar-refractivity contribution in [1.29, 1.82) is 0 Å². The van der Waals surface area contributed by atoms with Crippen molar-refractivity contribution in [3.05, 3.63) is 70.4 Å². The number of hydrogen-bond donors (Lipinski definition) is 0. The third kappa shape index (κ3) is 5.08. The molecule has 3 aromatic rings. The number of nitrogens with zero attached hydrogens (tertiary/aromatic N) is 2. The quantitative estimate of drug-likeness (QED) is 0.260. The summed E-state index contributed by atoms with van der Waals surface area (Å²) in [7, 11) is 2.97. The molecule has 0 aliphatic carbocycles. The number of hydrogen-bond acceptors (Lipinski definition) is 8. The zero-order valence-corrected chi connectivity index (χ0v) is 20.7. The molecule has 0 spiro atoms. The topological polar surface area (TPSA) is 102 Å². The molecule has 9 nitrogen and oxygen atoms in total. The molecule has 36 heavy (non-hydrogen) atoms. The van der Waals surface area contributed by atoms with Gasteiger partial charge in [-0.15, -0.1) is 11.3 Å². The van der Waals surface area contributed by atoms with Crippen LogP contribution in [0.3, 0.4) is 0 Å². The molecule has 0 N–H and O–H groups in total. The Morgan fingerprint density at radius 1 is 1.03 bits per heavy atom. The van der Waals surface area contributed by atoms with Gasteiger partial charge in [-0.3, -0.25) is 19.2 Å². The largest absolute Gasteiger partial charge is 0.493 e. The number of carbonyl (C=O) groups is 4. The maximum atomic E-state index is 13.7. The minimum Gasteiger partial charge on any atom is -0.493 e. The fourth-order valence-corrected chi connectivity index (χ4v) is 4.69. The third-order valence-corrected chi connectivity index (χ3v) is 6.51. The van der Waals surface area contributed by atoms with Crippen molar-refractivity contribution in [2.24, 2.45) is 0 Å². The van der Waals surface area contributed by atoms with Gasteiger partial charge in [-0.1, -0.05) is 6.07 Å². The number of methoxy groups -OCH3 is 2. The molecule has 0 radical (unpaired) electrons. The Morgan fingerprint density at radius 2 is 1.75 bits per heavy atom. The molecular weight excluding hydrogens is 484 g/mol. The summed E-state index contributed by atoms with van der Waals surface area (Å²) in [5.41, 5.74) is 0.631. The van der Waals surface area contributed by atoms with E-state index in [1.54, 1.807) is 18.2 Å². The van der Waals surface area contributed by atoms with E-state index in [1.807, 2.05) is 17.5 Å². The van der Waals surface area contributed by atoms with Gasteiger partial charge in [0.2, 0.25) is 5.91 Å². The average Bonchev–Trinajstić information content (AvgIpc) is 3.49. The molecule has 0 saturated carbocycles. The van der Waals surface area contributed by atoms with Crippen LogP contribution < -0.4 is 19.1 Å². The zero-order chi connectivity index (χ0) is 25.8. The molecule has 1 saturated heterocycles. The lowest BCUT2D eigenvalue weighted by molar-refractivity contribution is -0.132. The van der Waals surface area contributed by atoms with E-state index in [0.717, 1.165) is 9.78 Å². The van der Waals surface area contributed by atoms with Crippen LogP contribution in [0, 0.1) is 0 Å². The van der Waals surface area contributed by atoms with E-state index in [2.05, 4.69) is 0 Å². The number of ether oxygens (including phenoxy) is 3. The molecular formula is C26H24N2O7S. The molecule has 1 aromatic heterocycles. The van der Waals surface area contributed by atoms with Crippen molar-refractivity contribution in [1.82, 2.24) is 4.90 Å². The number of imide groups is 1. The first-order chi connectivity index (χ1) is 17.3. The first kappa shape index (κ1) is 24.9. The van der Waals surface area contributed by atoms with Crippen LogP contribution in [0.2, 0.25) is 0 Å². The van der Waals surface area contributed by atoms with Crippen LogP contribution in [0.1, 0.15) is 28.6 Å². The van der Waals surface area contributed by atoms with E-state index >= 15 is 0 Å². The molecule has 2 aromatic carbocycles. The van der Waals surface area contributed by atoms with Crippen molar-refractivity contribution in [3.63, 3.8) is 0 Å². The van der Waals surface area contributed by atoms with Crippen molar-refractivity contribution in [2.45, 2.75) is 25.9 Å². The molecule has 1 aliphatic rings. The van der Waals surface area contributed by atoms with Gasteiger partial charge >= 0.3 is 5.97 Å². The van der Waals surface area contributed by atoms with Crippen molar-refractivity contribution in [3.8, 4) is 17.2 Å². The third-order valence-electron chi connectivity index (χ3n) is 5.65. The second-order valence-corrected chi connectivity index (χ2v) is 8.99. The van der Waals surface area contributed by atoms with Crippen LogP contribution in [-0.2, 0) is 20.9 Å². The molecule has 2 heterocycles. The van der Waals surface area contributed by atoms with E-state index < -0.39 is 29.7 Å². The standard InChI is InChI=1S/C26H24N2O7S/c1-16(29)35-19-9-7-18(8-10-19)28-24(30)14-21(26(28)32)27(15-20-5-4-12-36-20)25(31)17-6-11-22(33-2)23(13-17)34-3/h4-13,21H,14-15H2,1-3H3. The van der Waals surface area contributed by atoms with Crippen LogP contribution >= 0.6 is 11.3 Å². The summed E-state index contributed by atoms with van der Waals surface area (Å²) < 4.78 is 15.6. The number of thiophene rings is 1. The summed E-state index contributed by atoms with van der Waals surface area (Å²) in [4.78, 5) is 54.6. The second-order valence-electron chi connectivity index (χ2n) is 7.96. The smallest absolute Gasteiger partial charge is 0.308 e. The Balaban J connectivity index is 1.65. The van der Waals surface area contributed by atoms with Crippen LogP contribution in [0.15, 0.2) is 60.0 Å². The van der Waals surface area contributed by atoms with E-state index in [-0.39, 0.29) is 13.0 Å². The Labute approximate surface area is 211 Å². The fourth-order valence-electron chi connectivity index (χ4n) is 3.99. The number of benzene rings is 2. The highest BCUT2D eigenvalue weighted by molar-refractivity contribution is 7.09. The fraction of sp³-hybridized carbons (Fsp3) is 0.231. The minimum atomic E-state index is -0.992. The molecule has 1 atom stereocenters. The molecule has 4 rings (SSSR count). The molecule has 3 amide bonds. The van der Waals surface area contributed by atoms with E-state index in [4.69, 9.17) is 14.2 Å². The number of carbonyl (C=O) groups excluding carboxylic acids is 4. The average molecular weight is 509 g/mol. The van der Waals surface area contributed by atoms with Gasteiger partial charge in [-0.25, -0.2) is 4.90 Å². The molecule has 1 aliphatic heterocycles. The van der Waals surface area contributed by atoms with Crippen molar-refractivity contribution in [2.75, 3.05) is 19.1 Å². The first-order valence-electron chi connectivity index (χ1n) is 11.0. The summed E-state index contributed by atoms with van der Waals surface area (Å²) in [5, 5.41) is 1.88. The highest BCUT2D eigenvalue weighted by Crippen LogP contribution is 2.32. The highest BCUT2D eigenvalue weighted by Gasteiger charge is 2.44. The van der Waals surface area contributed by atoms with Crippen LogP contribution in [0.25, 0.3) is 0 Å². The molecule has 10 heteroatoms. The van der Waals surface area contributed by atoms with E-state index in [9.17, 15) is 19.2 Å². The molecule has 186 valence electrons. The summed E-state index contributed by atoms with van der Waals surface area (Å²) in [5.74, 6) is -0.689. The maximum absolute atomic E-state index is 13.7. The number of amides is 3. The first-order valence-corrected chi connectivity index (χ1v) is 11.9. The zero-order valence-electron chi connectivity index (χ0n) is 19.9. The Bertz CT molecular complexity index is 1290. The van der Waals surface area contributed by atoms with Crippen molar-refractivity contribution >= 4 is 40.7 Å². The number of rotatable bonds is 8. The van der Waals surface area contributed by atoms with Crippen LogP contribution in [-0.4, -0.2) is 48.9 Å². The van der Waals surface area contributed by atoms with Gasteiger partial charge in [-0.2, -0.15) is 0 Å². The Hall–Kier alpha value is -4.18. The van der Waals surface area contributed by atoms with Gasteiger partial charge in [0.05, 0.1) is 32.9 Å². The number of esters is 1. The Kier molecular flexibility index (Phi) is 7.35. The lowest BCUT2D eigenvalue weighted by Gasteiger charge is -2.27. The summed E-state index contributed by atoms with van der Waals surface area (Å²) in [6, 6.07) is 13.6. The van der Waals surface area contributed by atoms with Gasteiger partial charge in [0.15, 0.2) is 11.5 Å². The van der Waals surface area contributed by atoms with Crippen molar-refractivity contribution < 1.29 is 33.4 Å². The highest BCUT2D eigenvalue weighted by atomic mass is 32.1. The lowest BCUT2D eigenvalue weighted by atomic mass is 10.1. The molecule has 1 fully saturated rings. The second kappa shape index (κ2) is 10.6. The summed E-state index contributed by atoms with van der Waals surface area (Å²) in [6.45, 7) is 1.44. The van der Waals surface area contributed by atoms with Crippen LogP contribution in [0.4, 0.5) is 5.69 Å². The predicted molar refractivity (Wildman–Crippen MR) is 132 cm³/mol. The van der Waals surface area contributed by atoms with Gasteiger partial charge in [-0.05, 0) is 53.9 Å². The molecule has 1 unspecified atom stereocenters. The SMILES string of the molecule is COc1ccc(C(=O)N(Cc2cccs2)C2CC(=O)N(c3ccc(OC(C)=O)cc3)C2=O)cc1OC. The van der Waals surface area contributed by atoms with E-state index in [1.165, 1.54) is 61.6 Å². The normalized spacial score (nSPS) is 15.1. The maximum Gasteiger partial charge on any atom is 0.308 e. The van der Waals surface area contributed by atoms with Gasteiger partial charge in [0, 0.05) is 17.4 Å². The predicted octanol–water partition coefficient (Wildman–Crippen LogP) is 3.67. The van der Waals surface area contributed by atoms with Crippen LogP contribution in [0.5, 0.6) is 17.2 Å². The van der Waals surface area contributed by atoms with E-state index in [0.29, 0.717) is 28.5 Å². The Morgan fingerprint density at radius 3 is 2.36 bits per heavy atom. The minimum absolute atomic E-state index is 0.158. The lowest BCUT2D eigenvalue weighted by Crippen LogP contribution is -2.45. The van der Waals surface area contributed by atoms with Gasteiger partial charge in [0.1, 0.15) is 11.8 Å². The summed E-state index contributed by atoms with van der Waals surface area (Å²) in [6.07, 6.45) is -0.158. The molecule has 0 bridgehead atoms. The van der Waals surface area contributed by atoms with Gasteiger partial charge in [0.25, 0.3) is 11.8 Å². The number of anilines is 1. The van der Waals surface area contributed by atoms with Gasteiger partial charge < -0.3 is 19.1 Å². The monoisotopic (exact) mass is 508 g/mol. The summed E-state index contributed by atoms with van der Waals surface area (Å²) >= 11 is 1.45.